The lowest BCUT2D eigenvalue weighted by molar-refractivity contribution is -0.00640. The maximum Gasteiger partial charge on any atom is 0.262 e. The van der Waals surface area contributed by atoms with Crippen LogP contribution in [0.25, 0.3) is 10.2 Å². The Hall–Kier alpha value is -3.02. The zero-order valence-electron chi connectivity index (χ0n) is 19.1. The summed E-state index contributed by atoms with van der Waals surface area (Å²) in [6.07, 6.45) is 9.72. The standard InChI is InChI=1S/C24H27F2N5O3S/c25-17-7-8-20(21(26)10-17)24(34,13-31-15-27-14-29-31)12-30-16-28-22-19(23(30)33)11-18(35-22)6-4-2-1-3-5-9-32/h7-8,10-11,14-16,32,34H,1-6,9,12-13H2. The molecule has 4 rings (SSSR count). The topological polar surface area (TPSA) is 106 Å². The third-order valence-electron chi connectivity index (χ3n) is 5.90. The lowest BCUT2D eigenvalue weighted by Gasteiger charge is -2.29. The van der Waals surface area contributed by atoms with Crippen molar-refractivity contribution in [1.29, 1.82) is 0 Å². The van der Waals surface area contributed by atoms with Gasteiger partial charge < -0.3 is 10.2 Å². The van der Waals surface area contributed by atoms with Gasteiger partial charge in [0.05, 0.1) is 24.8 Å². The second-order valence-corrected chi connectivity index (χ2v) is 9.71. The molecule has 0 amide bonds. The van der Waals surface area contributed by atoms with E-state index in [2.05, 4.69) is 15.1 Å². The molecule has 0 aliphatic carbocycles. The molecular weight excluding hydrogens is 476 g/mol. The number of rotatable bonds is 12. The normalized spacial score (nSPS) is 13.4. The predicted molar refractivity (Wildman–Crippen MR) is 128 cm³/mol. The van der Waals surface area contributed by atoms with Crippen LogP contribution in [0.2, 0.25) is 0 Å². The average Bonchev–Trinajstić information content (AvgIpc) is 3.48. The molecule has 0 spiro atoms. The monoisotopic (exact) mass is 503 g/mol. The van der Waals surface area contributed by atoms with E-state index in [1.807, 2.05) is 6.07 Å². The van der Waals surface area contributed by atoms with Crippen molar-refractivity contribution in [2.45, 2.75) is 57.2 Å². The van der Waals surface area contributed by atoms with Crippen molar-refractivity contribution in [3.8, 4) is 0 Å². The van der Waals surface area contributed by atoms with Gasteiger partial charge in [-0.05, 0) is 31.4 Å². The molecule has 186 valence electrons. The Morgan fingerprint density at radius 1 is 1.03 bits per heavy atom. The van der Waals surface area contributed by atoms with Gasteiger partial charge in [-0.25, -0.2) is 23.4 Å². The van der Waals surface area contributed by atoms with Crippen LogP contribution in [0.4, 0.5) is 8.78 Å². The first kappa shape index (κ1) is 25.1. The van der Waals surface area contributed by atoms with Crippen molar-refractivity contribution < 1.29 is 19.0 Å². The van der Waals surface area contributed by atoms with Gasteiger partial charge in [0, 0.05) is 23.1 Å². The van der Waals surface area contributed by atoms with Crippen LogP contribution in [0.1, 0.15) is 42.5 Å². The van der Waals surface area contributed by atoms with E-state index >= 15 is 0 Å². The van der Waals surface area contributed by atoms with Crippen molar-refractivity contribution in [1.82, 2.24) is 24.3 Å². The number of nitrogens with zero attached hydrogens (tertiary/aromatic N) is 5. The van der Waals surface area contributed by atoms with Gasteiger partial charge in [0.2, 0.25) is 0 Å². The number of benzene rings is 1. The van der Waals surface area contributed by atoms with Crippen molar-refractivity contribution in [2.75, 3.05) is 6.61 Å². The summed E-state index contributed by atoms with van der Waals surface area (Å²) < 4.78 is 30.8. The Bertz CT molecular complexity index is 1320. The second kappa shape index (κ2) is 11.1. The van der Waals surface area contributed by atoms with Gasteiger partial charge in [0.1, 0.15) is 34.7 Å². The molecule has 1 atom stereocenters. The van der Waals surface area contributed by atoms with Gasteiger partial charge in [-0.1, -0.05) is 25.3 Å². The third-order valence-corrected chi connectivity index (χ3v) is 7.01. The highest BCUT2D eigenvalue weighted by Gasteiger charge is 2.35. The van der Waals surface area contributed by atoms with Crippen molar-refractivity contribution in [2.24, 2.45) is 0 Å². The summed E-state index contributed by atoms with van der Waals surface area (Å²) in [5.41, 5.74) is -2.42. The molecule has 3 heterocycles. The fraction of sp³-hybridized carbons (Fsp3) is 0.417. The van der Waals surface area contributed by atoms with E-state index in [1.54, 1.807) is 0 Å². The fourth-order valence-electron chi connectivity index (χ4n) is 4.14. The number of fused-ring (bicyclic) bond motifs is 1. The number of hydrogen-bond acceptors (Lipinski definition) is 7. The van der Waals surface area contributed by atoms with Crippen LogP contribution in [0, 0.1) is 11.6 Å². The minimum absolute atomic E-state index is 0.159. The molecule has 0 aliphatic rings. The largest absolute Gasteiger partial charge is 0.396 e. The molecule has 11 heteroatoms. The molecule has 1 aromatic carbocycles. The van der Waals surface area contributed by atoms with Gasteiger partial charge in [0.15, 0.2) is 0 Å². The molecule has 4 aromatic rings. The zero-order chi connectivity index (χ0) is 24.8. The van der Waals surface area contributed by atoms with Gasteiger partial charge in [-0.2, -0.15) is 5.10 Å². The maximum absolute atomic E-state index is 14.7. The number of hydrogen-bond donors (Lipinski definition) is 2. The lowest BCUT2D eigenvalue weighted by atomic mass is 9.92. The fourth-order valence-corrected chi connectivity index (χ4v) is 5.17. The molecule has 0 fully saturated rings. The Balaban J connectivity index is 1.58. The van der Waals surface area contributed by atoms with Crippen molar-refractivity contribution in [3.63, 3.8) is 0 Å². The number of thiophene rings is 1. The molecule has 3 aromatic heterocycles. The first-order valence-corrected chi connectivity index (χ1v) is 12.3. The molecule has 1 unspecified atom stereocenters. The Morgan fingerprint density at radius 3 is 2.57 bits per heavy atom. The maximum atomic E-state index is 14.7. The van der Waals surface area contributed by atoms with Crippen LogP contribution in [0.3, 0.4) is 0 Å². The Morgan fingerprint density at radius 2 is 1.83 bits per heavy atom. The summed E-state index contributed by atoms with van der Waals surface area (Å²) in [5, 5.41) is 24.8. The average molecular weight is 504 g/mol. The van der Waals surface area contributed by atoms with E-state index in [0.29, 0.717) is 16.3 Å². The van der Waals surface area contributed by atoms with E-state index in [-0.39, 0.29) is 30.8 Å². The van der Waals surface area contributed by atoms with E-state index in [0.717, 1.165) is 49.5 Å². The lowest BCUT2D eigenvalue weighted by Crippen LogP contribution is -2.40. The number of aromatic nitrogens is 5. The third kappa shape index (κ3) is 5.98. The molecule has 0 saturated heterocycles. The van der Waals surface area contributed by atoms with Crippen LogP contribution in [0.15, 0.2) is 48.0 Å². The number of aliphatic hydroxyl groups excluding tert-OH is 1. The molecule has 35 heavy (non-hydrogen) atoms. The second-order valence-electron chi connectivity index (χ2n) is 8.60. The predicted octanol–water partition coefficient (Wildman–Crippen LogP) is 3.40. The minimum Gasteiger partial charge on any atom is -0.396 e. The summed E-state index contributed by atoms with van der Waals surface area (Å²) in [5.74, 6) is -1.69. The Kier molecular flexibility index (Phi) is 7.99. The smallest absolute Gasteiger partial charge is 0.262 e. The van der Waals surface area contributed by atoms with Crippen molar-refractivity contribution in [3.05, 3.63) is 75.7 Å². The summed E-state index contributed by atoms with van der Waals surface area (Å²) in [4.78, 5) is 23.1. The number of aliphatic hydroxyl groups is 2. The summed E-state index contributed by atoms with van der Waals surface area (Å²) in [6, 6.07) is 4.75. The molecule has 0 radical (unpaired) electrons. The van der Waals surface area contributed by atoms with E-state index in [1.165, 1.54) is 45.6 Å². The quantitative estimate of drug-likeness (QED) is 0.287. The summed E-state index contributed by atoms with van der Waals surface area (Å²) >= 11 is 1.46. The molecule has 0 aliphatic heterocycles. The van der Waals surface area contributed by atoms with Crippen LogP contribution in [-0.4, -0.2) is 41.1 Å². The number of unbranched alkanes of at least 4 members (excludes halogenated alkanes) is 4. The van der Waals surface area contributed by atoms with Gasteiger partial charge >= 0.3 is 0 Å². The van der Waals surface area contributed by atoms with Crippen molar-refractivity contribution >= 4 is 21.6 Å². The molecule has 0 saturated carbocycles. The highest BCUT2D eigenvalue weighted by atomic mass is 32.1. The van der Waals surface area contributed by atoms with E-state index < -0.39 is 17.2 Å². The first-order valence-electron chi connectivity index (χ1n) is 11.5. The van der Waals surface area contributed by atoms with Crippen LogP contribution >= 0.6 is 11.3 Å². The number of aryl methyl sites for hydroxylation is 1. The molecular formula is C24H27F2N5O3S. The van der Waals surface area contributed by atoms with Crippen LogP contribution in [0.5, 0.6) is 0 Å². The van der Waals surface area contributed by atoms with E-state index in [4.69, 9.17) is 5.11 Å². The van der Waals surface area contributed by atoms with Crippen LogP contribution in [-0.2, 0) is 25.1 Å². The molecule has 8 nitrogen and oxygen atoms in total. The highest BCUT2D eigenvalue weighted by molar-refractivity contribution is 7.18. The Labute approximate surface area is 204 Å². The SMILES string of the molecule is O=c1c2cc(CCCCCCCO)sc2ncn1CC(O)(Cn1cncn1)c1ccc(F)cc1F. The summed E-state index contributed by atoms with van der Waals surface area (Å²) in [6.45, 7) is -0.297. The van der Waals surface area contributed by atoms with Gasteiger partial charge in [0.25, 0.3) is 5.56 Å². The first-order chi connectivity index (χ1) is 16.9. The minimum atomic E-state index is -1.92. The zero-order valence-corrected chi connectivity index (χ0v) is 19.9. The highest BCUT2D eigenvalue weighted by Crippen LogP contribution is 2.29. The van der Waals surface area contributed by atoms with Gasteiger partial charge in [-0.15, -0.1) is 11.3 Å². The van der Waals surface area contributed by atoms with Gasteiger partial charge in [-0.3, -0.25) is 9.36 Å². The molecule has 0 bridgehead atoms. The van der Waals surface area contributed by atoms with E-state index in [9.17, 15) is 18.7 Å². The van der Waals surface area contributed by atoms with Crippen LogP contribution < -0.4 is 5.56 Å². The molecule has 2 N–H and O–H groups in total. The summed E-state index contributed by atoms with van der Waals surface area (Å²) in [7, 11) is 0. The number of halogens is 2.